The molecule has 0 atom stereocenters. The fourth-order valence-corrected chi connectivity index (χ4v) is 2.94. The minimum absolute atomic E-state index is 0.0267. The Morgan fingerprint density at radius 3 is 2.64 bits per heavy atom. The Balaban J connectivity index is 1.66. The van der Waals surface area contributed by atoms with Crippen LogP contribution in [-0.4, -0.2) is 20.6 Å². The van der Waals surface area contributed by atoms with E-state index in [1.807, 2.05) is 30.3 Å². The lowest BCUT2D eigenvalue weighted by atomic mass is 10.1. The second-order valence-corrected chi connectivity index (χ2v) is 6.30. The number of hydrogen-bond acceptors (Lipinski definition) is 4. The minimum atomic E-state index is -0.972. The van der Waals surface area contributed by atoms with Crippen LogP contribution >= 0.6 is 0 Å². The lowest BCUT2D eigenvalue weighted by Crippen LogP contribution is -2.30. The molecule has 5 nitrogen and oxygen atoms in total. The summed E-state index contributed by atoms with van der Waals surface area (Å²) in [4.78, 5) is 4.27. The quantitative estimate of drug-likeness (QED) is 0.420. The van der Waals surface area contributed by atoms with Gasteiger partial charge in [0.1, 0.15) is 11.3 Å². The van der Waals surface area contributed by atoms with Gasteiger partial charge in [0.05, 0.1) is 11.2 Å². The Labute approximate surface area is 158 Å². The zero-order valence-electron chi connectivity index (χ0n) is 14.7. The van der Waals surface area contributed by atoms with E-state index in [0.717, 1.165) is 28.6 Å². The van der Waals surface area contributed by atoms with Crippen molar-refractivity contribution in [2.24, 2.45) is 0 Å². The van der Waals surface area contributed by atoms with Crippen molar-refractivity contribution in [1.82, 2.24) is 14.8 Å². The molecule has 0 unspecified atom stereocenters. The summed E-state index contributed by atoms with van der Waals surface area (Å²) in [6.07, 6.45) is 1.98. The molecule has 0 aliphatic rings. The first-order chi connectivity index (χ1) is 13.5. The largest absolute Gasteiger partial charge is 0.286 e. The lowest BCUT2D eigenvalue weighted by molar-refractivity contribution is 0.509. The van der Waals surface area contributed by atoms with Crippen LogP contribution in [0.25, 0.3) is 22.2 Å². The Hall–Kier alpha value is -3.74. The Kier molecular flexibility index (Phi) is 4.49. The molecular weight excluding hydrogens is 360 g/mol. The van der Waals surface area contributed by atoms with E-state index < -0.39 is 11.6 Å². The van der Waals surface area contributed by atoms with Gasteiger partial charge in [0, 0.05) is 23.6 Å². The molecule has 28 heavy (non-hydrogen) atoms. The van der Waals surface area contributed by atoms with Gasteiger partial charge in [0.15, 0.2) is 11.6 Å². The van der Waals surface area contributed by atoms with Crippen LogP contribution in [0.15, 0.2) is 66.9 Å². The van der Waals surface area contributed by atoms with Gasteiger partial charge in [-0.3, -0.25) is 15.8 Å². The Morgan fingerprint density at radius 1 is 0.964 bits per heavy atom. The zero-order chi connectivity index (χ0) is 19.7. The highest BCUT2D eigenvalue weighted by molar-refractivity contribution is 5.85. The molecule has 2 N–H and O–H groups in total. The van der Waals surface area contributed by atoms with Gasteiger partial charge < -0.3 is 0 Å². The minimum Gasteiger partial charge on any atom is -0.286 e. The highest BCUT2D eigenvalue weighted by atomic mass is 19.2. The first-order valence-corrected chi connectivity index (χ1v) is 8.53. The summed E-state index contributed by atoms with van der Waals surface area (Å²) in [5, 5.41) is 21.7. The van der Waals surface area contributed by atoms with Crippen molar-refractivity contribution in [3.05, 3.63) is 89.5 Å². The van der Waals surface area contributed by atoms with E-state index in [1.165, 1.54) is 16.8 Å². The maximum atomic E-state index is 13.5. The third-order valence-electron chi connectivity index (χ3n) is 4.35. The fourth-order valence-electron chi connectivity index (χ4n) is 2.94. The van der Waals surface area contributed by atoms with Crippen LogP contribution < -0.4 is 5.49 Å². The summed E-state index contributed by atoms with van der Waals surface area (Å²) in [6, 6.07) is 16.0. The van der Waals surface area contributed by atoms with E-state index in [2.05, 4.69) is 10.1 Å². The molecule has 2 aromatic carbocycles. The van der Waals surface area contributed by atoms with E-state index >= 15 is 0 Å². The Morgan fingerprint density at radius 2 is 1.82 bits per heavy atom. The first-order valence-electron chi connectivity index (χ1n) is 8.53. The molecule has 0 saturated carbocycles. The van der Waals surface area contributed by atoms with Crippen LogP contribution in [0, 0.1) is 22.5 Å². The van der Waals surface area contributed by atoms with Gasteiger partial charge in [-0.15, -0.1) is 0 Å². The van der Waals surface area contributed by atoms with Crippen LogP contribution in [-0.2, 0) is 6.42 Å². The van der Waals surface area contributed by atoms with Crippen molar-refractivity contribution in [2.75, 3.05) is 0 Å². The number of hydrogen-bond donors (Lipinski definition) is 2. The fraction of sp³-hybridized carbons (Fsp3) is 0.0476. The van der Waals surface area contributed by atoms with E-state index in [0.29, 0.717) is 11.3 Å². The van der Waals surface area contributed by atoms with Crippen molar-refractivity contribution < 1.29 is 8.78 Å². The maximum Gasteiger partial charge on any atom is 0.159 e. The van der Waals surface area contributed by atoms with E-state index in [1.54, 1.807) is 12.3 Å². The predicted molar refractivity (Wildman–Crippen MR) is 102 cm³/mol. The number of benzene rings is 2. The Bertz CT molecular complexity index is 1260. The van der Waals surface area contributed by atoms with Gasteiger partial charge in [0.2, 0.25) is 0 Å². The number of pyridine rings is 1. The van der Waals surface area contributed by atoms with E-state index in [4.69, 9.17) is 10.8 Å². The average molecular weight is 375 g/mol. The third-order valence-corrected chi connectivity index (χ3v) is 4.35. The summed E-state index contributed by atoms with van der Waals surface area (Å²) in [5.74, 6) is -1.81. The molecule has 0 aliphatic carbocycles. The number of rotatable bonds is 3. The van der Waals surface area contributed by atoms with Crippen molar-refractivity contribution in [1.29, 1.82) is 10.8 Å². The lowest BCUT2D eigenvalue weighted by Gasteiger charge is -2.10. The molecule has 0 amide bonds. The molecular formula is C21H15F2N5. The summed E-state index contributed by atoms with van der Waals surface area (Å²) in [5.41, 5.74) is 2.50. The molecule has 2 aromatic heterocycles. The molecule has 2 heterocycles. The third kappa shape index (κ3) is 3.42. The molecule has 0 saturated heterocycles. The van der Waals surface area contributed by atoms with Crippen LogP contribution in [0.4, 0.5) is 8.78 Å². The molecule has 4 aromatic rings. The topological polar surface area (TPSA) is 78.4 Å². The van der Waals surface area contributed by atoms with Gasteiger partial charge >= 0.3 is 0 Å². The van der Waals surface area contributed by atoms with Crippen LogP contribution in [0.3, 0.4) is 0 Å². The van der Waals surface area contributed by atoms with Crippen LogP contribution in [0.5, 0.6) is 0 Å². The molecule has 0 fully saturated rings. The number of fused-ring (bicyclic) bond motifs is 1. The van der Waals surface area contributed by atoms with Gasteiger partial charge in [-0.1, -0.05) is 12.1 Å². The second-order valence-electron chi connectivity index (χ2n) is 6.30. The zero-order valence-corrected chi connectivity index (χ0v) is 14.7. The van der Waals surface area contributed by atoms with E-state index in [-0.39, 0.29) is 17.7 Å². The van der Waals surface area contributed by atoms with Crippen molar-refractivity contribution in [3.8, 4) is 11.3 Å². The molecule has 7 heteroatoms. The van der Waals surface area contributed by atoms with Crippen molar-refractivity contribution in [3.63, 3.8) is 0 Å². The number of nitrogens with one attached hydrogen (secondary N) is 2. The van der Waals surface area contributed by atoms with E-state index in [9.17, 15) is 8.78 Å². The molecule has 0 aliphatic heterocycles. The smallest absolute Gasteiger partial charge is 0.159 e. The van der Waals surface area contributed by atoms with Crippen LogP contribution in [0.1, 0.15) is 5.56 Å². The average Bonchev–Trinajstić information content (AvgIpc) is 2.70. The summed E-state index contributed by atoms with van der Waals surface area (Å²) < 4.78 is 27.9. The van der Waals surface area contributed by atoms with Gasteiger partial charge in [-0.25, -0.2) is 13.5 Å². The SMILES string of the molecule is N=C(Cc1ccc2ncccc2c1)n1nc(-c2ccc(F)c(F)c2)ccc1=N. The van der Waals surface area contributed by atoms with Crippen molar-refractivity contribution >= 4 is 16.7 Å². The maximum absolute atomic E-state index is 13.5. The van der Waals surface area contributed by atoms with Gasteiger partial charge in [-0.2, -0.15) is 5.10 Å². The number of aromatic nitrogens is 3. The molecule has 0 spiro atoms. The molecule has 0 bridgehead atoms. The summed E-state index contributed by atoms with van der Waals surface area (Å²) in [6.45, 7) is 0. The molecule has 0 radical (unpaired) electrons. The standard InChI is InChI=1S/C21H15F2N5/c22-16-5-4-15(12-17(16)23)19-7-8-20(24)28(27-19)21(25)11-13-3-6-18-14(10-13)2-1-9-26-18/h1-10,12,24-25H,11H2. The molecule has 4 rings (SSSR count). The summed E-state index contributed by atoms with van der Waals surface area (Å²) in [7, 11) is 0. The highest BCUT2D eigenvalue weighted by Crippen LogP contribution is 2.19. The summed E-state index contributed by atoms with van der Waals surface area (Å²) >= 11 is 0. The van der Waals surface area contributed by atoms with Gasteiger partial charge in [-0.05, 0) is 54.1 Å². The number of halogens is 2. The highest BCUT2D eigenvalue weighted by Gasteiger charge is 2.10. The number of nitrogens with zero attached hydrogens (tertiary/aromatic N) is 3. The molecule has 138 valence electrons. The normalized spacial score (nSPS) is 10.9. The first kappa shape index (κ1) is 17.7. The van der Waals surface area contributed by atoms with Crippen LogP contribution in [0.2, 0.25) is 0 Å². The van der Waals surface area contributed by atoms with Gasteiger partial charge in [0.25, 0.3) is 0 Å². The predicted octanol–water partition coefficient (Wildman–Crippen LogP) is 3.92. The van der Waals surface area contributed by atoms with Crippen molar-refractivity contribution in [2.45, 2.75) is 6.42 Å². The second kappa shape index (κ2) is 7.11. The monoisotopic (exact) mass is 375 g/mol.